The van der Waals surface area contributed by atoms with Crippen molar-refractivity contribution in [2.75, 3.05) is 36.0 Å². The highest BCUT2D eigenvalue weighted by molar-refractivity contribution is 5.90. The minimum Gasteiger partial charge on any atom is -0.489 e. The molecule has 2 fully saturated rings. The van der Waals surface area contributed by atoms with Crippen LogP contribution < -0.4 is 20.3 Å². The fourth-order valence-electron chi connectivity index (χ4n) is 3.39. The van der Waals surface area contributed by atoms with Crippen molar-refractivity contribution in [2.45, 2.75) is 25.0 Å². The third kappa shape index (κ3) is 2.01. The lowest BCUT2D eigenvalue weighted by atomic mass is 10.1. The molecule has 0 spiro atoms. The first-order chi connectivity index (χ1) is 10.3. The zero-order chi connectivity index (χ0) is 14.4. The van der Waals surface area contributed by atoms with E-state index in [0.717, 1.165) is 30.3 Å². The molecule has 0 saturated carbocycles. The molecule has 1 aromatic carbocycles. The van der Waals surface area contributed by atoms with Gasteiger partial charge in [0.15, 0.2) is 0 Å². The van der Waals surface area contributed by atoms with E-state index in [2.05, 4.69) is 4.90 Å². The Morgan fingerprint density at radius 3 is 3.10 bits per heavy atom. The van der Waals surface area contributed by atoms with Crippen LogP contribution in [0.1, 0.15) is 12.8 Å². The van der Waals surface area contributed by atoms with Gasteiger partial charge in [-0.2, -0.15) is 0 Å². The molecule has 6 heteroatoms. The Morgan fingerprint density at radius 2 is 2.29 bits per heavy atom. The van der Waals surface area contributed by atoms with Crippen molar-refractivity contribution in [3.05, 3.63) is 18.2 Å². The summed E-state index contributed by atoms with van der Waals surface area (Å²) in [6, 6.07) is 6.44. The lowest BCUT2D eigenvalue weighted by Gasteiger charge is -2.34. The summed E-state index contributed by atoms with van der Waals surface area (Å²) in [7, 11) is 0. The number of carbonyl (C=O) groups is 1. The molecule has 2 saturated heterocycles. The second-order valence-corrected chi connectivity index (χ2v) is 5.80. The van der Waals surface area contributed by atoms with Crippen molar-refractivity contribution in [3.63, 3.8) is 0 Å². The summed E-state index contributed by atoms with van der Waals surface area (Å²) < 4.78 is 11.1. The van der Waals surface area contributed by atoms with E-state index in [4.69, 9.17) is 15.2 Å². The third-order valence-corrected chi connectivity index (χ3v) is 4.51. The fraction of sp³-hybridized carbons (Fsp3) is 0.533. The van der Waals surface area contributed by atoms with Crippen LogP contribution in [0.25, 0.3) is 0 Å². The number of hydrogen-bond donors (Lipinski definition) is 1. The van der Waals surface area contributed by atoms with Crippen LogP contribution in [0.3, 0.4) is 0 Å². The maximum Gasteiger partial charge on any atom is 0.414 e. The molecule has 0 radical (unpaired) electrons. The highest BCUT2D eigenvalue weighted by Gasteiger charge is 2.34. The average molecular weight is 289 g/mol. The number of benzene rings is 1. The molecule has 0 aliphatic carbocycles. The van der Waals surface area contributed by atoms with Gasteiger partial charge in [-0.15, -0.1) is 0 Å². The minimum atomic E-state index is -0.333. The van der Waals surface area contributed by atoms with Crippen LogP contribution >= 0.6 is 0 Å². The Balaban J connectivity index is 1.63. The first kappa shape index (κ1) is 12.8. The van der Waals surface area contributed by atoms with E-state index < -0.39 is 0 Å². The van der Waals surface area contributed by atoms with Crippen LogP contribution in [0.2, 0.25) is 0 Å². The first-order valence-corrected chi connectivity index (χ1v) is 7.48. The Labute approximate surface area is 123 Å². The Kier molecular flexibility index (Phi) is 2.92. The first-order valence-electron chi connectivity index (χ1n) is 7.48. The molecular weight excluding hydrogens is 270 g/mol. The molecule has 0 unspecified atom stereocenters. The molecule has 3 heterocycles. The molecule has 2 atom stereocenters. The number of carbonyl (C=O) groups excluding carboxylic acids is 1. The van der Waals surface area contributed by atoms with Gasteiger partial charge in [0.1, 0.15) is 18.5 Å². The van der Waals surface area contributed by atoms with Crippen molar-refractivity contribution >= 4 is 17.5 Å². The summed E-state index contributed by atoms with van der Waals surface area (Å²) in [5.74, 6) is 0.856. The molecule has 112 valence electrons. The molecule has 1 aromatic rings. The number of anilines is 2. The molecule has 1 amide bonds. The zero-order valence-electron chi connectivity index (χ0n) is 11.8. The molecule has 4 rings (SSSR count). The van der Waals surface area contributed by atoms with Gasteiger partial charge in [0.25, 0.3) is 0 Å². The van der Waals surface area contributed by atoms with E-state index in [1.165, 1.54) is 12.8 Å². The maximum atomic E-state index is 11.9. The topological polar surface area (TPSA) is 68.0 Å². The van der Waals surface area contributed by atoms with Gasteiger partial charge < -0.3 is 20.1 Å². The second-order valence-electron chi connectivity index (χ2n) is 5.80. The number of nitrogens with zero attached hydrogens (tertiary/aromatic N) is 2. The summed E-state index contributed by atoms with van der Waals surface area (Å²) in [5.41, 5.74) is 7.52. The molecule has 2 N–H and O–H groups in total. The van der Waals surface area contributed by atoms with Gasteiger partial charge in [-0.1, -0.05) is 0 Å². The van der Waals surface area contributed by atoms with E-state index in [9.17, 15) is 4.79 Å². The second kappa shape index (κ2) is 4.80. The van der Waals surface area contributed by atoms with E-state index in [-0.39, 0.29) is 12.2 Å². The van der Waals surface area contributed by atoms with Crippen molar-refractivity contribution in [3.8, 4) is 5.75 Å². The van der Waals surface area contributed by atoms with E-state index >= 15 is 0 Å². The fourth-order valence-corrected chi connectivity index (χ4v) is 3.39. The number of fused-ring (bicyclic) bond motifs is 3. The van der Waals surface area contributed by atoms with Crippen LogP contribution in [0.4, 0.5) is 16.2 Å². The highest BCUT2D eigenvalue weighted by Crippen LogP contribution is 2.40. The molecule has 21 heavy (non-hydrogen) atoms. The quantitative estimate of drug-likeness (QED) is 0.889. The third-order valence-electron chi connectivity index (χ3n) is 4.51. The predicted octanol–water partition coefficient (Wildman–Crippen LogP) is 1.33. The summed E-state index contributed by atoms with van der Waals surface area (Å²) in [6.45, 7) is 2.66. The number of amides is 1. The number of rotatable bonds is 2. The lowest BCUT2D eigenvalue weighted by Crippen LogP contribution is -2.38. The predicted molar refractivity (Wildman–Crippen MR) is 79.0 cm³/mol. The van der Waals surface area contributed by atoms with E-state index in [1.54, 1.807) is 4.90 Å². The van der Waals surface area contributed by atoms with E-state index in [0.29, 0.717) is 19.1 Å². The van der Waals surface area contributed by atoms with Gasteiger partial charge in [0, 0.05) is 19.2 Å². The number of nitrogens with two attached hydrogens (primary N) is 1. The smallest absolute Gasteiger partial charge is 0.414 e. The van der Waals surface area contributed by atoms with Gasteiger partial charge in [0.05, 0.1) is 24.0 Å². The van der Waals surface area contributed by atoms with Crippen LogP contribution in [0, 0.1) is 0 Å². The highest BCUT2D eigenvalue weighted by atomic mass is 16.6. The van der Waals surface area contributed by atoms with Crippen molar-refractivity contribution in [1.82, 2.24) is 0 Å². The van der Waals surface area contributed by atoms with Gasteiger partial charge in [0.2, 0.25) is 0 Å². The molecule has 3 aliphatic rings. The van der Waals surface area contributed by atoms with Crippen molar-refractivity contribution < 1.29 is 14.3 Å². The Bertz CT molecular complexity index is 577. The van der Waals surface area contributed by atoms with Crippen LogP contribution in [-0.4, -0.2) is 44.5 Å². The molecule has 3 aliphatic heterocycles. The Morgan fingerprint density at radius 1 is 1.38 bits per heavy atom. The minimum absolute atomic E-state index is 0.225. The summed E-state index contributed by atoms with van der Waals surface area (Å²) in [4.78, 5) is 15.9. The molecule has 0 bridgehead atoms. The Hall–Kier alpha value is -1.95. The largest absolute Gasteiger partial charge is 0.489 e. The SMILES string of the molecule is NC[C@H]1CN(c2ccc3c(c2)OC[C@@H]2CCCN32)C(=O)O1. The molecular formula is C15H19N3O3. The summed E-state index contributed by atoms with van der Waals surface area (Å²) >= 11 is 0. The lowest BCUT2D eigenvalue weighted by molar-refractivity contribution is 0.145. The number of cyclic esters (lactones) is 1. The normalized spacial score (nSPS) is 27.2. The zero-order valence-corrected chi connectivity index (χ0v) is 11.8. The molecule has 0 aromatic heterocycles. The van der Waals surface area contributed by atoms with Gasteiger partial charge in [-0.3, -0.25) is 4.90 Å². The van der Waals surface area contributed by atoms with E-state index in [1.807, 2.05) is 18.2 Å². The van der Waals surface area contributed by atoms with Crippen molar-refractivity contribution in [1.29, 1.82) is 0 Å². The van der Waals surface area contributed by atoms with Crippen molar-refractivity contribution in [2.24, 2.45) is 5.73 Å². The van der Waals surface area contributed by atoms with Gasteiger partial charge >= 0.3 is 6.09 Å². The van der Waals surface area contributed by atoms with Crippen LogP contribution in [0.15, 0.2) is 18.2 Å². The summed E-state index contributed by atoms with van der Waals surface area (Å²) in [6.07, 6.45) is 1.85. The van der Waals surface area contributed by atoms with Crippen LogP contribution in [-0.2, 0) is 4.74 Å². The average Bonchev–Trinajstić information content (AvgIpc) is 3.12. The molecule has 6 nitrogen and oxygen atoms in total. The summed E-state index contributed by atoms with van der Waals surface area (Å²) in [5, 5.41) is 0. The van der Waals surface area contributed by atoms with Crippen LogP contribution in [0.5, 0.6) is 5.75 Å². The standard InChI is InChI=1S/C15H19N3O3/c16-7-12-8-18(15(19)21-12)10-3-4-13-14(6-10)20-9-11-2-1-5-17(11)13/h3-4,6,11-12H,1-2,5,7-9,16H2/t11-,12-/m0/s1. The maximum absolute atomic E-state index is 11.9. The van der Waals surface area contributed by atoms with Gasteiger partial charge in [-0.05, 0) is 25.0 Å². The monoisotopic (exact) mass is 289 g/mol. The number of hydrogen-bond acceptors (Lipinski definition) is 5. The number of ether oxygens (including phenoxy) is 2. The van der Waals surface area contributed by atoms with Gasteiger partial charge in [-0.25, -0.2) is 4.79 Å².